The van der Waals surface area contributed by atoms with Crippen molar-refractivity contribution < 1.29 is 9.90 Å². The van der Waals surface area contributed by atoms with Crippen LogP contribution in [0.3, 0.4) is 0 Å². The molecule has 0 saturated heterocycles. The summed E-state index contributed by atoms with van der Waals surface area (Å²) >= 11 is 0. The summed E-state index contributed by atoms with van der Waals surface area (Å²) in [6, 6.07) is -0.0197. The van der Waals surface area contributed by atoms with E-state index in [1.54, 1.807) is 0 Å². The zero-order valence-electron chi connectivity index (χ0n) is 9.43. The van der Waals surface area contributed by atoms with E-state index in [-0.39, 0.29) is 18.6 Å². The molecule has 1 heterocycles. The van der Waals surface area contributed by atoms with E-state index in [1.807, 2.05) is 0 Å². The standard InChI is InChI=1S/C11H19N3O2/c15-7-10(5-9-3-1-2-4-9)13-14-8-12-6-11(14)16/h6,9-10,13,15H,1-5,7-8H2/t10-/m1/s1. The number of carbonyl (C=O) groups excluding carboxylic acids is 1. The lowest BCUT2D eigenvalue weighted by Gasteiger charge is -2.25. The number of hydrazine groups is 1. The minimum atomic E-state index is -0.120. The van der Waals surface area contributed by atoms with Crippen LogP contribution in [0, 0.1) is 5.92 Å². The van der Waals surface area contributed by atoms with E-state index < -0.39 is 0 Å². The van der Waals surface area contributed by atoms with E-state index in [1.165, 1.54) is 36.9 Å². The fourth-order valence-electron chi connectivity index (χ4n) is 2.48. The van der Waals surface area contributed by atoms with Crippen molar-refractivity contribution in [3.8, 4) is 0 Å². The second kappa shape index (κ2) is 5.41. The molecule has 0 radical (unpaired) electrons. The minimum absolute atomic E-state index is 0.0197. The van der Waals surface area contributed by atoms with Gasteiger partial charge in [-0.25, -0.2) is 5.43 Å². The third kappa shape index (κ3) is 2.80. The van der Waals surface area contributed by atoms with Gasteiger partial charge >= 0.3 is 0 Å². The number of hydrogen-bond acceptors (Lipinski definition) is 4. The number of aliphatic hydroxyl groups is 1. The number of aliphatic imine (C=N–C) groups is 1. The molecule has 0 bridgehead atoms. The quantitative estimate of drug-likeness (QED) is 0.707. The molecule has 2 rings (SSSR count). The lowest BCUT2D eigenvalue weighted by Crippen LogP contribution is -2.48. The average Bonchev–Trinajstić information content (AvgIpc) is 2.90. The molecule has 1 fully saturated rings. The van der Waals surface area contributed by atoms with Crippen LogP contribution in [0.4, 0.5) is 0 Å². The SMILES string of the molecule is O=C1C=NCN1N[C@@H](CO)CC1CCCC1. The Morgan fingerprint density at radius 2 is 2.31 bits per heavy atom. The Kier molecular flexibility index (Phi) is 3.90. The first kappa shape index (κ1) is 11.5. The number of hydrogen-bond donors (Lipinski definition) is 2. The van der Waals surface area contributed by atoms with Crippen LogP contribution in [0.15, 0.2) is 4.99 Å². The van der Waals surface area contributed by atoms with Gasteiger partial charge in [-0.2, -0.15) is 0 Å². The highest BCUT2D eigenvalue weighted by atomic mass is 16.3. The van der Waals surface area contributed by atoms with E-state index in [4.69, 9.17) is 0 Å². The first-order valence-corrected chi connectivity index (χ1v) is 5.98. The van der Waals surface area contributed by atoms with E-state index in [0.29, 0.717) is 12.6 Å². The van der Waals surface area contributed by atoms with Gasteiger partial charge in [-0.15, -0.1) is 0 Å². The van der Waals surface area contributed by atoms with Crippen molar-refractivity contribution in [2.75, 3.05) is 13.3 Å². The maximum atomic E-state index is 11.3. The molecule has 2 N–H and O–H groups in total. The predicted octanol–water partition coefficient (Wildman–Crippen LogP) is 0.303. The van der Waals surface area contributed by atoms with Crippen LogP contribution in [-0.2, 0) is 4.79 Å². The number of amides is 1. The second-order valence-electron chi connectivity index (χ2n) is 4.61. The Bertz CT molecular complexity index is 274. The summed E-state index contributed by atoms with van der Waals surface area (Å²) in [7, 11) is 0. The Labute approximate surface area is 95.5 Å². The van der Waals surface area contributed by atoms with E-state index >= 15 is 0 Å². The van der Waals surface area contributed by atoms with Crippen molar-refractivity contribution in [1.29, 1.82) is 0 Å². The summed E-state index contributed by atoms with van der Waals surface area (Å²) < 4.78 is 0. The second-order valence-corrected chi connectivity index (χ2v) is 4.61. The number of rotatable bonds is 5. The molecule has 0 aromatic rings. The average molecular weight is 225 g/mol. The molecule has 0 aromatic heterocycles. The van der Waals surface area contributed by atoms with Gasteiger partial charge < -0.3 is 5.11 Å². The molecule has 1 atom stereocenters. The summed E-state index contributed by atoms with van der Waals surface area (Å²) in [6.07, 6.45) is 7.37. The molecule has 0 unspecified atom stereocenters. The minimum Gasteiger partial charge on any atom is -0.395 e. The number of nitrogens with zero attached hydrogens (tertiary/aromatic N) is 2. The third-order valence-corrected chi connectivity index (χ3v) is 3.34. The normalized spacial score (nSPS) is 23.3. The molecule has 1 aliphatic heterocycles. The van der Waals surface area contributed by atoms with E-state index in [2.05, 4.69) is 10.4 Å². The zero-order valence-corrected chi connectivity index (χ0v) is 9.43. The monoisotopic (exact) mass is 225 g/mol. The summed E-state index contributed by atoms with van der Waals surface area (Å²) in [6.45, 7) is 0.431. The number of carbonyl (C=O) groups is 1. The largest absolute Gasteiger partial charge is 0.395 e. The molecule has 0 spiro atoms. The summed E-state index contributed by atoms with van der Waals surface area (Å²) in [5, 5.41) is 10.8. The van der Waals surface area contributed by atoms with Gasteiger partial charge in [0.2, 0.25) is 0 Å². The first-order chi connectivity index (χ1) is 7.79. The van der Waals surface area contributed by atoms with Crippen LogP contribution in [-0.4, -0.2) is 41.6 Å². The maximum absolute atomic E-state index is 11.3. The van der Waals surface area contributed by atoms with Gasteiger partial charge in [0.25, 0.3) is 5.91 Å². The van der Waals surface area contributed by atoms with Crippen LogP contribution in [0.25, 0.3) is 0 Å². The predicted molar refractivity (Wildman–Crippen MR) is 60.8 cm³/mol. The van der Waals surface area contributed by atoms with Crippen molar-refractivity contribution in [3.05, 3.63) is 0 Å². The third-order valence-electron chi connectivity index (χ3n) is 3.34. The van der Waals surface area contributed by atoms with Gasteiger partial charge in [-0.3, -0.25) is 14.8 Å². The highest BCUT2D eigenvalue weighted by Gasteiger charge is 2.23. The lowest BCUT2D eigenvalue weighted by atomic mass is 9.99. The molecule has 16 heavy (non-hydrogen) atoms. The van der Waals surface area contributed by atoms with E-state index in [0.717, 1.165) is 6.42 Å². The van der Waals surface area contributed by atoms with Crippen LogP contribution in [0.5, 0.6) is 0 Å². The maximum Gasteiger partial charge on any atom is 0.280 e. The number of aliphatic hydroxyl groups excluding tert-OH is 1. The molecule has 5 heteroatoms. The van der Waals surface area contributed by atoms with Gasteiger partial charge in [0.05, 0.1) is 12.8 Å². The Morgan fingerprint density at radius 1 is 1.56 bits per heavy atom. The summed E-state index contributed by atoms with van der Waals surface area (Å²) in [5.74, 6) is 0.577. The molecular weight excluding hydrogens is 206 g/mol. The van der Waals surface area contributed by atoms with Crippen LogP contribution in [0.1, 0.15) is 32.1 Å². The van der Waals surface area contributed by atoms with Gasteiger partial charge in [-0.05, 0) is 12.3 Å². The highest BCUT2D eigenvalue weighted by molar-refractivity contribution is 6.27. The first-order valence-electron chi connectivity index (χ1n) is 5.98. The molecule has 5 nitrogen and oxygen atoms in total. The Hall–Kier alpha value is -0.940. The van der Waals surface area contributed by atoms with Gasteiger partial charge in [0.15, 0.2) is 0 Å². The van der Waals surface area contributed by atoms with Gasteiger partial charge in [-0.1, -0.05) is 25.7 Å². The van der Waals surface area contributed by atoms with Crippen molar-refractivity contribution >= 4 is 12.1 Å². The molecule has 1 aliphatic carbocycles. The van der Waals surface area contributed by atoms with Crippen LogP contribution >= 0.6 is 0 Å². The van der Waals surface area contributed by atoms with E-state index in [9.17, 15) is 9.90 Å². The number of nitrogens with one attached hydrogen (secondary N) is 1. The van der Waals surface area contributed by atoms with Crippen molar-refractivity contribution in [2.45, 2.75) is 38.1 Å². The molecule has 0 aromatic carbocycles. The zero-order chi connectivity index (χ0) is 11.4. The Balaban J connectivity index is 1.78. The van der Waals surface area contributed by atoms with Gasteiger partial charge in [0, 0.05) is 6.04 Å². The molecule has 90 valence electrons. The fourth-order valence-corrected chi connectivity index (χ4v) is 2.48. The van der Waals surface area contributed by atoms with Crippen LogP contribution in [0.2, 0.25) is 0 Å². The lowest BCUT2D eigenvalue weighted by molar-refractivity contribution is -0.126. The van der Waals surface area contributed by atoms with Gasteiger partial charge in [0.1, 0.15) is 6.67 Å². The highest BCUT2D eigenvalue weighted by Crippen LogP contribution is 2.28. The molecule has 1 saturated carbocycles. The fraction of sp³-hybridized carbons (Fsp3) is 0.818. The van der Waals surface area contributed by atoms with Crippen molar-refractivity contribution in [2.24, 2.45) is 10.9 Å². The molecular formula is C11H19N3O2. The Morgan fingerprint density at radius 3 is 2.88 bits per heavy atom. The topological polar surface area (TPSA) is 64.9 Å². The van der Waals surface area contributed by atoms with Crippen LogP contribution < -0.4 is 5.43 Å². The molecule has 2 aliphatic rings. The van der Waals surface area contributed by atoms with Crippen molar-refractivity contribution in [1.82, 2.24) is 10.4 Å². The smallest absolute Gasteiger partial charge is 0.280 e. The van der Waals surface area contributed by atoms with Crippen molar-refractivity contribution in [3.63, 3.8) is 0 Å². The molecule has 1 amide bonds. The summed E-state index contributed by atoms with van der Waals surface area (Å²) in [4.78, 5) is 15.2. The summed E-state index contributed by atoms with van der Waals surface area (Å²) in [5.41, 5.74) is 3.05.